The number of benzene rings is 1. The van der Waals surface area contributed by atoms with E-state index in [0.717, 1.165) is 0 Å². The number of carbonyl (C=O) groups is 1. The number of ether oxygens (including phenoxy) is 1. The Morgan fingerprint density at radius 2 is 2.19 bits per heavy atom. The zero-order chi connectivity index (χ0) is 15.2. The number of nitrogens with two attached hydrogens (primary N) is 1. The van der Waals surface area contributed by atoms with Crippen molar-refractivity contribution in [3.8, 4) is 11.8 Å². The first-order valence-corrected chi connectivity index (χ1v) is 6.00. The number of nitrogen functional groups attached to an aromatic ring is 1. The van der Waals surface area contributed by atoms with Gasteiger partial charge in [-0.25, -0.2) is 10.8 Å². The number of amides is 1. The molecule has 7 heteroatoms. The van der Waals surface area contributed by atoms with Crippen molar-refractivity contribution in [2.45, 2.75) is 0 Å². The van der Waals surface area contributed by atoms with Crippen molar-refractivity contribution < 1.29 is 9.53 Å². The number of methoxy groups -OCH3 is 1. The average molecular weight is 283 g/mol. The van der Waals surface area contributed by atoms with Gasteiger partial charge in [0.25, 0.3) is 5.91 Å². The molecule has 0 bridgehead atoms. The molecular formula is C14H13N5O2. The van der Waals surface area contributed by atoms with Gasteiger partial charge in [-0.2, -0.15) is 5.26 Å². The summed E-state index contributed by atoms with van der Waals surface area (Å²) in [5.41, 5.74) is 3.35. The zero-order valence-corrected chi connectivity index (χ0v) is 11.3. The Labute approximate surface area is 121 Å². The Morgan fingerprint density at radius 1 is 1.38 bits per heavy atom. The first-order chi connectivity index (χ1) is 10.2. The van der Waals surface area contributed by atoms with Gasteiger partial charge in [0.1, 0.15) is 23.3 Å². The lowest BCUT2D eigenvalue weighted by molar-refractivity contribution is 0.102. The van der Waals surface area contributed by atoms with Crippen LogP contribution in [-0.2, 0) is 0 Å². The van der Waals surface area contributed by atoms with Gasteiger partial charge in [0.05, 0.1) is 18.2 Å². The van der Waals surface area contributed by atoms with Crippen LogP contribution in [0.15, 0.2) is 36.5 Å². The molecule has 4 N–H and O–H groups in total. The molecule has 106 valence electrons. The van der Waals surface area contributed by atoms with E-state index in [1.807, 2.05) is 6.07 Å². The Kier molecular flexibility index (Phi) is 4.33. The molecule has 0 aliphatic rings. The van der Waals surface area contributed by atoms with Crippen molar-refractivity contribution in [1.82, 2.24) is 4.98 Å². The molecule has 1 aromatic carbocycles. The van der Waals surface area contributed by atoms with E-state index < -0.39 is 5.91 Å². The smallest absolute Gasteiger partial charge is 0.257 e. The fourth-order valence-electron chi connectivity index (χ4n) is 1.72. The lowest BCUT2D eigenvalue weighted by Crippen LogP contribution is -2.15. The highest BCUT2D eigenvalue weighted by Crippen LogP contribution is 2.28. The molecule has 0 aliphatic carbocycles. The van der Waals surface area contributed by atoms with Crippen molar-refractivity contribution in [1.29, 1.82) is 5.26 Å². The van der Waals surface area contributed by atoms with Gasteiger partial charge in [-0.1, -0.05) is 6.07 Å². The van der Waals surface area contributed by atoms with Crippen LogP contribution in [0.25, 0.3) is 0 Å². The Bertz CT molecular complexity index is 692. The van der Waals surface area contributed by atoms with Crippen LogP contribution in [0.4, 0.5) is 11.5 Å². The van der Waals surface area contributed by atoms with Crippen molar-refractivity contribution in [2.24, 2.45) is 5.84 Å². The largest absolute Gasteiger partial charge is 0.495 e. The van der Waals surface area contributed by atoms with Gasteiger partial charge in [0.2, 0.25) is 0 Å². The zero-order valence-electron chi connectivity index (χ0n) is 11.3. The molecule has 21 heavy (non-hydrogen) atoms. The molecule has 2 aromatic rings. The molecule has 0 radical (unpaired) electrons. The highest BCUT2D eigenvalue weighted by atomic mass is 16.5. The van der Waals surface area contributed by atoms with E-state index in [-0.39, 0.29) is 0 Å². The predicted octanol–water partition coefficient (Wildman–Crippen LogP) is 1.50. The molecule has 0 saturated carbocycles. The predicted molar refractivity (Wildman–Crippen MR) is 77.7 cm³/mol. The minimum Gasteiger partial charge on any atom is -0.495 e. The van der Waals surface area contributed by atoms with Gasteiger partial charge in [0.15, 0.2) is 0 Å². The van der Waals surface area contributed by atoms with Gasteiger partial charge < -0.3 is 15.5 Å². The van der Waals surface area contributed by atoms with Crippen molar-refractivity contribution in [3.63, 3.8) is 0 Å². The van der Waals surface area contributed by atoms with Crippen LogP contribution in [0.3, 0.4) is 0 Å². The molecular weight excluding hydrogens is 270 g/mol. The monoisotopic (exact) mass is 283 g/mol. The third-order valence-electron chi connectivity index (χ3n) is 2.78. The van der Waals surface area contributed by atoms with Crippen molar-refractivity contribution >= 4 is 17.4 Å². The van der Waals surface area contributed by atoms with Gasteiger partial charge in [-0.3, -0.25) is 4.79 Å². The molecule has 2 rings (SSSR count). The van der Waals surface area contributed by atoms with E-state index in [9.17, 15) is 4.79 Å². The summed E-state index contributed by atoms with van der Waals surface area (Å²) in [5, 5.41) is 11.8. The number of nitriles is 1. The van der Waals surface area contributed by atoms with Crippen LogP contribution in [-0.4, -0.2) is 18.0 Å². The van der Waals surface area contributed by atoms with Crippen LogP contribution >= 0.6 is 0 Å². The maximum Gasteiger partial charge on any atom is 0.257 e. The summed E-state index contributed by atoms with van der Waals surface area (Å²) >= 11 is 0. The summed E-state index contributed by atoms with van der Waals surface area (Å²) in [7, 11) is 1.47. The fourth-order valence-corrected chi connectivity index (χ4v) is 1.72. The number of aromatic nitrogens is 1. The molecule has 1 amide bonds. The molecule has 0 spiro atoms. The quantitative estimate of drug-likeness (QED) is 0.579. The average Bonchev–Trinajstić information content (AvgIpc) is 2.55. The van der Waals surface area contributed by atoms with Crippen molar-refractivity contribution in [2.75, 3.05) is 17.9 Å². The molecule has 1 aromatic heterocycles. The number of para-hydroxylation sites is 1. The highest BCUT2D eigenvalue weighted by Gasteiger charge is 2.14. The molecule has 0 saturated heterocycles. The fraction of sp³-hybridized carbons (Fsp3) is 0.0714. The topological polar surface area (TPSA) is 113 Å². The van der Waals surface area contributed by atoms with Gasteiger partial charge in [-0.05, 0) is 24.3 Å². The minimum absolute atomic E-state index is 0.316. The first kappa shape index (κ1) is 14.3. The van der Waals surface area contributed by atoms with Gasteiger partial charge >= 0.3 is 0 Å². The number of hydrogen-bond donors (Lipinski definition) is 3. The minimum atomic E-state index is -0.396. The van der Waals surface area contributed by atoms with Crippen LogP contribution in [0.1, 0.15) is 15.9 Å². The Hall–Kier alpha value is -3.11. The van der Waals surface area contributed by atoms with Crippen LogP contribution in [0.2, 0.25) is 0 Å². The Balaban J connectivity index is 2.29. The molecule has 7 nitrogen and oxygen atoms in total. The number of hydrogen-bond acceptors (Lipinski definition) is 6. The van der Waals surface area contributed by atoms with E-state index in [4.69, 9.17) is 15.8 Å². The highest BCUT2D eigenvalue weighted by molar-refractivity contribution is 6.05. The summed E-state index contributed by atoms with van der Waals surface area (Å²) in [6, 6.07) is 10.1. The normalized spacial score (nSPS) is 9.57. The van der Waals surface area contributed by atoms with Gasteiger partial charge in [0, 0.05) is 6.20 Å². The van der Waals surface area contributed by atoms with Crippen LogP contribution in [0, 0.1) is 11.3 Å². The number of carbonyl (C=O) groups excluding carboxylic acids is 1. The summed E-state index contributed by atoms with van der Waals surface area (Å²) in [5.74, 6) is 5.67. The second kappa shape index (κ2) is 6.36. The second-order valence-electron chi connectivity index (χ2n) is 4.03. The van der Waals surface area contributed by atoms with Crippen molar-refractivity contribution in [3.05, 3.63) is 47.7 Å². The van der Waals surface area contributed by atoms with E-state index in [1.54, 1.807) is 30.3 Å². The van der Waals surface area contributed by atoms with Crippen LogP contribution < -0.4 is 21.3 Å². The SMILES string of the molecule is COc1cccc(C#N)c1NC(=O)c1ccc(NN)nc1. The lowest BCUT2D eigenvalue weighted by atomic mass is 10.1. The van der Waals surface area contributed by atoms with E-state index in [1.165, 1.54) is 13.3 Å². The summed E-state index contributed by atoms with van der Waals surface area (Å²) < 4.78 is 5.15. The number of hydrazine groups is 1. The third-order valence-corrected chi connectivity index (χ3v) is 2.78. The summed E-state index contributed by atoms with van der Waals surface area (Å²) in [4.78, 5) is 16.1. The number of anilines is 2. The Morgan fingerprint density at radius 3 is 2.76 bits per heavy atom. The van der Waals surface area contributed by atoms with E-state index in [2.05, 4.69) is 15.7 Å². The van der Waals surface area contributed by atoms with Gasteiger partial charge in [-0.15, -0.1) is 0 Å². The molecule has 0 aliphatic heterocycles. The standard InChI is InChI=1S/C14H13N5O2/c1-21-11-4-2-3-9(7-15)13(11)18-14(20)10-5-6-12(19-16)17-8-10/h2-6,8H,16H2,1H3,(H,17,19)(H,18,20). The summed E-state index contributed by atoms with van der Waals surface area (Å²) in [6.45, 7) is 0. The molecule has 0 unspecified atom stereocenters. The van der Waals surface area contributed by atoms with E-state index >= 15 is 0 Å². The maximum absolute atomic E-state index is 12.2. The molecule has 0 fully saturated rings. The second-order valence-corrected chi connectivity index (χ2v) is 4.03. The maximum atomic E-state index is 12.2. The lowest BCUT2D eigenvalue weighted by Gasteiger charge is -2.11. The third kappa shape index (κ3) is 3.08. The molecule has 1 heterocycles. The van der Waals surface area contributed by atoms with Crippen LogP contribution in [0.5, 0.6) is 5.75 Å². The number of nitrogens with zero attached hydrogens (tertiary/aromatic N) is 2. The van der Waals surface area contributed by atoms with E-state index in [0.29, 0.717) is 28.4 Å². The summed E-state index contributed by atoms with van der Waals surface area (Å²) in [6.07, 6.45) is 1.38. The molecule has 0 atom stereocenters. The first-order valence-electron chi connectivity index (χ1n) is 6.00. The number of rotatable bonds is 4. The number of nitrogens with one attached hydrogen (secondary N) is 2. The number of pyridine rings is 1.